The van der Waals surface area contributed by atoms with E-state index in [1.807, 2.05) is 0 Å². The lowest BCUT2D eigenvalue weighted by atomic mass is 10.1. The Morgan fingerprint density at radius 3 is 2.68 bits per heavy atom. The average Bonchev–Trinajstić information content (AvgIpc) is 2.90. The molecule has 1 fully saturated rings. The Morgan fingerprint density at radius 2 is 1.87 bits per heavy atom. The standard InChI is InChI=1S/C22H19F4N3O2/c23-14-3-2-13-10-16(21(31)28-19-12-15(30)4-5-17(19)24)20(27-18(13)11-14)29-8-1-6-22(25,26)7-9-29/h2-5,10-12,30H,1,6-9H2,(H,28,31). The van der Waals surface area contributed by atoms with Crippen LogP contribution < -0.4 is 10.2 Å². The number of nitrogens with zero attached hydrogens (tertiary/aromatic N) is 2. The molecule has 1 aliphatic heterocycles. The van der Waals surface area contributed by atoms with E-state index in [-0.39, 0.29) is 54.3 Å². The summed E-state index contributed by atoms with van der Waals surface area (Å²) in [4.78, 5) is 19.0. The molecule has 1 aromatic heterocycles. The molecule has 9 heteroatoms. The predicted molar refractivity (Wildman–Crippen MR) is 109 cm³/mol. The number of benzene rings is 2. The first kappa shape index (κ1) is 20.9. The third-order valence-electron chi connectivity index (χ3n) is 5.22. The fourth-order valence-electron chi connectivity index (χ4n) is 3.61. The maximum Gasteiger partial charge on any atom is 0.259 e. The van der Waals surface area contributed by atoms with Crippen molar-refractivity contribution >= 4 is 28.3 Å². The normalized spacial score (nSPS) is 16.2. The maximum absolute atomic E-state index is 14.1. The first-order chi connectivity index (χ1) is 14.7. The SMILES string of the molecule is O=C(Nc1cc(O)ccc1F)c1cc2ccc(F)cc2nc1N1CCCC(F)(F)CC1. The van der Waals surface area contributed by atoms with Crippen LogP contribution >= 0.6 is 0 Å². The van der Waals surface area contributed by atoms with Crippen molar-refractivity contribution in [3.8, 4) is 5.75 Å². The number of aromatic hydroxyl groups is 1. The topological polar surface area (TPSA) is 65.5 Å². The van der Waals surface area contributed by atoms with Crippen molar-refractivity contribution in [1.82, 2.24) is 4.98 Å². The molecule has 3 aromatic rings. The van der Waals surface area contributed by atoms with Crippen LogP contribution in [0.2, 0.25) is 0 Å². The Hall–Kier alpha value is -3.36. The van der Waals surface area contributed by atoms with E-state index in [4.69, 9.17) is 0 Å². The first-order valence-electron chi connectivity index (χ1n) is 9.75. The number of pyridine rings is 1. The minimum absolute atomic E-state index is 0.0343. The van der Waals surface area contributed by atoms with E-state index < -0.39 is 29.9 Å². The van der Waals surface area contributed by atoms with Gasteiger partial charge in [-0.3, -0.25) is 4.79 Å². The van der Waals surface area contributed by atoms with E-state index in [0.29, 0.717) is 5.39 Å². The Morgan fingerprint density at radius 1 is 1.06 bits per heavy atom. The van der Waals surface area contributed by atoms with Crippen molar-refractivity contribution in [1.29, 1.82) is 0 Å². The monoisotopic (exact) mass is 433 g/mol. The summed E-state index contributed by atoms with van der Waals surface area (Å²) >= 11 is 0. The van der Waals surface area contributed by atoms with Crippen molar-refractivity contribution in [3.63, 3.8) is 0 Å². The van der Waals surface area contributed by atoms with Gasteiger partial charge in [-0.2, -0.15) is 0 Å². The Balaban J connectivity index is 1.77. The van der Waals surface area contributed by atoms with Gasteiger partial charge in [0.25, 0.3) is 5.91 Å². The molecule has 0 atom stereocenters. The molecule has 5 nitrogen and oxygen atoms in total. The molecule has 0 unspecified atom stereocenters. The molecule has 2 N–H and O–H groups in total. The van der Waals surface area contributed by atoms with Crippen LogP contribution in [0.1, 0.15) is 29.6 Å². The van der Waals surface area contributed by atoms with Crippen LogP contribution in [0.4, 0.5) is 29.1 Å². The summed E-state index contributed by atoms with van der Waals surface area (Å²) in [5, 5.41) is 12.4. The van der Waals surface area contributed by atoms with Crippen LogP contribution in [0.15, 0.2) is 42.5 Å². The van der Waals surface area contributed by atoms with Crippen LogP contribution in [-0.4, -0.2) is 35.0 Å². The molecule has 162 valence electrons. The summed E-state index contributed by atoms with van der Waals surface area (Å²) in [7, 11) is 0. The zero-order chi connectivity index (χ0) is 22.2. The number of phenols is 1. The highest BCUT2D eigenvalue weighted by Crippen LogP contribution is 2.32. The number of phenolic OH excluding ortho intramolecular Hbond substituents is 1. The van der Waals surface area contributed by atoms with Gasteiger partial charge in [-0.15, -0.1) is 0 Å². The molecule has 0 aliphatic carbocycles. The number of amides is 1. The van der Waals surface area contributed by atoms with Crippen molar-refractivity contribution < 1.29 is 27.5 Å². The first-order valence-corrected chi connectivity index (χ1v) is 9.75. The minimum Gasteiger partial charge on any atom is -0.508 e. The lowest BCUT2D eigenvalue weighted by Crippen LogP contribution is -2.29. The van der Waals surface area contributed by atoms with E-state index in [2.05, 4.69) is 10.3 Å². The third-order valence-corrected chi connectivity index (χ3v) is 5.22. The highest BCUT2D eigenvalue weighted by Gasteiger charge is 2.33. The number of anilines is 2. The molecule has 0 radical (unpaired) electrons. The molecule has 0 bridgehead atoms. The lowest BCUT2D eigenvalue weighted by molar-refractivity contribution is -0.0102. The number of hydrogen-bond acceptors (Lipinski definition) is 4. The van der Waals surface area contributed by atoms with Gasteiger partial charge >= 0.3 is 0 Å². The van der Waals surface area contributed by atoms with Gasteiger partial charge in [0.05, 0.1) is 16.8 Å². The molecule has 31 heavy (non-hydrogen) atoms. The van der Waals surface area contributed by atoms with Gasteiger partial charge in [0.2, 0.25) is 5.92 Å². The van der Waals surface area contributed by atoms with Crippen LogP contribution in [-0.2, 0) is 0 Å². The van der Waals surface area contributed by atoms with Gasteiger partial charge in [0, 0.05) is 43.5 Å². The smallest absolute Gasteiger partial charge is 0.259 e. The predicted octanol–water partition coefficient (Wildman–Crippen LogP) is 5.10. The lowest BCUT2D eigenvalue weighted by Gasteiger charge is -2.24. The van der Waals surface area contributed by atoms with E-state index in [1.165, 1.54) is 24.3 Å². The van der Waals surface area contributed by atoms with Crippen LogP contribution in [0, 0.1) is 11.6 Å². The summed E-state index contributed by atoms with van der Waals surface area (Å²) < 4.78 is 55.5. The number of carbonyl (C=O) groups is 1. The summed E-state index contributed by atoms with van der Waals surface area (Å²) in [6.45, 7) is 0.200. The van der Waals surface area contributed by atoms with E-state index >= 15 is 0 Å². The number of aromatic nitrogens is 1. The minimum atomic E-state index is -2.81. The van der Waals surface area contributed by atoms with Gasteiger partial charge in [-0.1, -0.05) is 0 Å². The molecule has 1 amide bonds. The number of halogens is 4. The second-order valence-electron chi connectivity index (χ2n) is 7.51. The molecule has 0 saturated carbocycles. The summed E-state index contributed by atoms with van der Waals surface area (Å²) in [6, 6.07) is 8.53. The summed E-state index contributed by atoms with van der Waals surface area (Å²) in [5.41, 5.74) is 0.0655. The molecular weight excluding hydrogens is 414 g/mol. The van der Waals surface area contributed by atoms with Crippen molar-refractivity contribution in [2.75, 3.05) is 23.3 Å². The number of nitrogens with one attached hydrogen (secondary N) is 1. The number of alkyl halides is 2. The Bertz CT molecular complexity index is 1150. The molecule has 4 rings (SSSR count). The van der Waals surface area contributed by atoms with Gasteiger partial charge in [-0.05, 0) is 36.8 Å². The number of rotatable bonds is 3. The van der Waals surface area contributed by atoms with Crippen molar-refractivity contribution in [2.45, 2.75) is 25.2 Å². The largest absolute Gasteiger partial charge is 0.508 e. The second-order valence-corrected chi connectivity index (χ2v) is 7.51. The van der Waals surface area contributed by atoms with Gasteiger partial charge in [0.15, 0.2) is 0 Å². The van der Waals surface area contributed by atoms with E-state index in [9.17, 15) is 27.5 Å². The van der Waals surface area contributed by atoms with Gasteiger partial charge in [-0.25, -0.2) is 22.5 Å². The van der Waals surface area contributed by atoms with E-state index in [0.717, 1.165) is 18.2 Å². The molecule has 1 aliphatic rings. The zero-order valence-electron chi connectivity index (χ0n) is 16.3. The Labute approximate surface area is 175 Å². The van der Waals surface area contributed by atoms with Gasteiger partial charge in [0.1, 0.15) is 23.2 Å². The van der Waals surface area contributed by atoms with Crippen molar-refractivity contribution in [3.05, 3.63) is 59.7 Å². The second kappa shape index (κ2) is 8.05. The van der Waals surface area contributed by atoms with Crippen LogP contribution in [0.5, 0.6) is 5.75 Å². The molecule has 1 saturated heterocycles. The van der Waals surface area contributed by atoms with Crippen molar-refractivity contribution in [2.24, 2.45) is 0 Å². The Kier molecular flexibility index (Phi) is 5.43. The highest BCUT2D eigenvalue weighted by molar-refractivity contribution is 6.09. The quantitative estimate of drug-likeness (QED) is 0.565. The van der Waals surface area contributed by atoms with Gasteiger partial charge < -0.3 is 15.3 Å². The molecule has 2 aromatic carbocycles. The number of fused-ring (bicyclic) bond motifs is 1. The number of carbonyl (C=O) groups excluding carboxylic acids is 1. The zero-order valence-corrected chi connectivity index (χ0v) is 16.3. The fraction of sp³-hybridized carbons (Fsp3) is 0.273. The van der Waals surface area contributed by atoms with Crippen LogP contribution in [0.3, 0.4) is 0 Å². The van der Waals surface area contributed by atoms with E-state index in [1.54, 1.807) is 4.90 Å². The molecule has 2 heterocycles. The number of hydrogen-bond donors (Lipinski definition) is 2. The molecule has 0 spiro atoms. The average molecular weight is 433 g/mol. The summed E-state index contributed by atoms with van der Waals surface area (Å²) in [5.74, 6) is -4.93. The molecular formula is C22H19F4N3O2. The fourth-order valence-corrected chi connectivity index (χ4v) is 3.61. The maximum atomic E-state index is 14.1. The van der Waals surface area contributed by atoms with Crippen LogP contribution in [0.25, 0.3) is 10.9 Å². The third kappa shape index (κ3) is 4.55. The highest BCUT2D eigenvalue weighted by atomic mass is 19.3. The summed E-state index contributed by atoms with van der Waals surface area (Å²) in [6.07, 6.45) is -0.488.